The van der Waals surface area contributed by atoms with Gasteiger partial charge in [0.1, 0.15) is 12.4 Å². The number of allylic oxidation sites excluding steroid dienone is 2. The van der Waals surface area contributed by atoms with Gasteiger partial charge in [-0.3, -0.25) is 0 Å². The monoisotopic (exact) mass is 452 g/mol. The zero-order valence-electron chi connectivity index (χ0n) is 20.9. The Kier molecular flexibility index (Phi) is 8.08. The Bertz CT molecular complexity index is 871. The van der Waals surface area contributed by atoms with Crippen molar-refractivity contribution in [1.29, 1.82) is 0 Å². The first-order valence-corrected chi connectivity index (χ1v) is 12.9. The number of rotatable bonds is 10. The van der Waals surface area contributed by atoms with Crippen molar-refractivity contribution in [3.05, 3.63) is 48.6 Å². The summed E-state index contributed by atoms with van der Waals surface area (Å²) in [7, 11) is 1.75. The first kappa shape index (κ1) is 24.2. The summed E-state index contributed by atoms with van der Waals surface area (Å²) in [5, 5.41) is 0. The Hall–Kier alpha value is -1.91. The van der Waals surface area contributed by atoms with Crippen LogP contribution in [0.25, 0.3) is 0 Å². The molecule has 0 N–H and O–H groups in total. The highest BCUT2D eigenvalue weighted by molar-refractivity contribution is 6.03. The average Bonchev–Trinajstić information content (AvgIpc) is 3.42. The Labute approximate surface area is 200 Å². The molecule has 4 heteroatoms. The third-order valence-electron chi connectivity index (χ3n) is 7.76. The summed E-state index contributed by atoms with van der Waals surface area (Å²) in [5.74, 6) is 1.65. The lowest BCUT2D eigenvalue weighted by molar-refractivity contribution is -0.443. The first-order valence-electron chi connectivity index (χ1n) is 12.9. The molecule has 33 heavy (non-hydrogen) atoms. The van der Waals surface area contributed by atoms with Crippen molar-refractivity contribution in [3.63, 3.8) is 0 Å². The fourth-order valence-corrected chi connectivity index (χ4v) is 5.78. The molecular weight excluding hydrogens is 410 g/mol. The lowest BCUT2D eigenvalue weighted by atomic mass is 9.81. The van der Waals surface area contributed by atoms with Crippen LogP contribution in [0.15, 0.2) is 43.0 Å². The molecule has 1 heterocycles. The number of methoxy groups -OCH3 is 1. The van der Waals surface area contributed by atoms with Crippen molar-refractivity contribution < 1.29 is 18.8 Å². The van der Waals surface area contributed by atoms with Gasteiger partial charge >= 0.3 is 0 Å². The predicted octanol–water partition coefficient (Wildman–Crippen LogP) is 6.35. The van der Waals surface area contributed by atoms with Gasteiger partial charge < -0.3 is 14.2 Å². The molecule has 3 aliphatic rings. The third kappa shape index (κ3) is 5.60. The SMILES string of the molecule is C=CCOC1CCC(OCC[N+]2=C(/C=C/C3CCCC3)C(C)(C)c3cc(OC)ccc32)CC1. The first-order chi connectivity index (χ1) is 16.0. The second-order valence-corrected chi connectivity index (χ2v) is 10.3. The van der Waals surface area contributed by atoms with Gasteiger partial charge in [0.25, 0.3) is 0 Å². The van der Waals surface area contributed by atoms with Gasteiger partial charge in [-0.2, -0.15) is 4.58 Å². The van der Waals surface area contributed by atoms with Crippen LogP contribution in [0.5, 0.6) is 5.75 Å². The molecule has 0 atom stereocenters. The normalized spacial score (nSPS) is 25.1. The van der Waals surface area contributed by atoms with Crippen molar-refractivity contribution in [3.8, 4) is 5.75 Å². The molecule has 180 valence electrons. The van der Waals surface area contributed by atoms with E-state index in [1.807, 2.05) is 6.08 Å². The van der Waals surface area contributed by atoms with E-state index in [4.69, 9.17) is 14.2 Å². The predicted molar refractivity (Wildman–Crippen MR) is 135 cm³/mol. The number of hydrogen-bond donors (Lipinski definition) is 0. The smallest absolute Gasteiger partial charge is 0.210 e. The largest absolute Gasteiger partial charge is 0.497 e. The van der Waals surface area contributed by atoms with E-state index >= 15 is 0 Å². The summed E-state index contributed by atoms with van der Waals surface area (Å²) in [5.41, 5.74) is 3.95. The van der Waals surface area contributed by atoms with Crippen LogP contribution in [0, 0.1) is 5.92 Å². The highest BCUT2D eigenvalue weighted by atomic mass is 16.5. The van der Waals surface area contributed by atoms with Gasteiger partial charge in [-0.25, -0.2) is 0 Å². The number of hydrogen-bond acceptors (Lipinski definition) is 3. The lowest BCUT2D eigenvalue weighted by Crippen LogP contribution is -2.30. The number of ether oxygens (including phenoxy) is 3. The fraction of sp³-hybridized carbons (Fsp3) is 0.621. The molecular formula is C29H42NO3+. The summed E-state index contributed by atoms with van der Waals surface area (Å²) in [6.07, 6.45) is 17.1. The third-order valence-corrected chi connectivity index (χ3v) is 7.76. The van der Waals surface area contributed by atoms with Crippen LogP contribution < -0.4 is 4.74 Å². The summed E-state index contributed by atoms with van der Waals surface area (Å²) >= 11 is 0. The zero-order chi connectivity index (χ0) is 23.3. The van der Waals surface area contributed by atoms with Crippen LogP contribution in [0.1, 0.15) is 70.8 Å². The summed E-state index contributed by atoms with van der Waals surface area (Å²) in [4.78, 5) is 0. The number of benzene rings is 1. The van der Waals surface area contributed by atoms with Gasteiger partial charge in [0.15, 0.2) is 12.3 Å². The van der Waals surface area contributed by atoms with Gasteiger partial charge in [-0.1, -0.05) is 25.0 Å². The van der Waals surface area contributed by atoms with Gasteiger partial charge in [-0.05, 0) is 70.4 Å². The zero-order valence-corrected chi connectivity index (χ0v) is 20.9. The molecule has 1 aromatic carbocycles. The van der Waals surface area contributed by atoms with E-state index in [9.17, 15) is 0 Å². The van der Waals surface area contributed by atoms with Crippen molar-refractivity contribution >= 4 is 11.4 Å². The van der Waals surface area contributed by atoms with Gasteiger partial charge in [0.05, 0.1) is 31.3 Å². The molecule has 0 spiro atoms. The molecule has 1 aromatic rings. The van der Waals surface area contributed by atoms with E-state index in [-0.39, 0.29) is 5.41 Å². The molecule has 0 amide bonds. The maximum absolute atomic E-state index is 6.37. The van der Waals surface area contributed by atoms with Crippen LogP contribution in [0.4, 0.5) is 5.69 Å². The van der Waals surface area contributed by atoms with Crippen molar-refractivity contribution in [2.75, 3.05) is 26.9 Å². The Balaban J connectivity index is 1.45. The Morgan fingerprint density at radius 1 is 1.03 bits per heavy atom. The maximum Gasteiger partial charge on any atom is 0.210 e. The van der Waals surface area contributed by atoms with Crippen LogP contribution in [-0.4, -0.2) is 49.4 Å². The maximum atomic E-state index is 6.37. The van der Waals surface area contributed by atoms with E-state index in [0.29, 0.717) is 18.8 Å². The van der Waals surface area contributed by atoms with E-state index in [0.717, 1.165) is 50.5 Å². The molecule has 0 radical (unpaired) electrons. The van der Waals surface area contributed by atoms with Gasteiger partial charge in [-0.15, -0.1) is 6.58 Å². The minimum Gasteiger partial charge on any atom is -0.497 e. The van der Waals surface area contributed by atoms with E-state index in [1.165, 1.54) is 42.6 Å². The summed E-state index contributed by atoms with van der Waals surface area (Å²) in [6.45, 7) is 10.7. The topological polar surface area (TPSA) is 30.7 Å². The summed E-state index contributed by atoms with van der Waals surface area (Å²) in [6, 6.07) is 6.51. The van der Waals surface area contributed by atoms with Gasteiger partial charge in [0.2, 0.25) is 5.69 Å². The standard InChI is InChI=1S/C29H42NO3/c1-5-19-32-23-11-13-24(14-12-23)33-20-18-30-27-16-15-25(31-4)21-26(27)29(2,3)28(30)17-10-22-8-6-7-9-22/h5,10,15-17,21-24H,1,6-9,11-14,18-20H2,2-4H3/q+1/b17-10+. The lowest BCUT2D eigenvalue weighted by Gasteiger charge is -2.28. The molecule has 0 aromatic heterocycles. The van der Waals surface area contributed by atoms with E-state index in [1.54, 1.807) is 7.11 Å². The minimum atomic E-state index is -0.0560. The minimum absolute atomic E-state index is 0.0560. The molecule has 1 aliphatic heterocycles. The van der Waals surface area contributed by atoms with Crippen LogP contribution in [0.3, 0.4) is 0 Å². The van der Waals surface area contributed by atoms with Crippen molar-refractivity contribution in [1.82, 2.24) is 0 Å². The molecule has 2 fully saturated rings. The highest BCUT2D eigenvalue weighted by Gasteiger charge is 2.44. The van der Waals surface area contributed by atoms with Gasteiger partial charge in [0, 0.05) is 17.7 Å². The van der Waals surface area contributed by atoms with E-state index in [2.05, 4.69) is 55.4 Å². The Morgan fingerprint density at radius 2 is 1.73 bits per heavy atom. The molecule has 4 nitrogen and oxygen atoms in total. The summed E-state index contributed by atoms with van der Waals surface area (Å²) < 4.78 is 20.2. The number of fused-ring (bicyclic) bond motifs is 1. The van der Waals surface area contributed by atoms with Crippen LogP contribution in [0.2, 0.25) is 0 Å². The molecule has 0 bridgehead atoms. The average molecular weight is 453 g/mol. The number of nitrogens with zero attached hydrogens (tertiary/aromatic N) is 1. The quantitative estimate of drug-likeness (QED) is 0.306. The Morgan fingerprint density at radius 3 is 2.39 bits per heavy atom. The fourth-order valence-electron chi connectivity index (χ4n) is 5.78. The second kappa shape index (κ2) is 11.0. The molecule has 2 aliphatic carbocycles. The van der Waals surface area contributed by atoms with Crippen LogP contribution >= 0.6 is 0 Å². The van der Waals surface area contributed by atoms with Crippen LogP contribution in [-0.2, 0) is 14.9 Å². The van der Waals surface area contributed by atoms with Crippen molar-refractivity contribution in [2.24, 2.45) is 5.92 Å². The molecule has 4 rings (SSSR count). The molecule has 0 saturated heterocycles. The van der Waals surface area contributed by atoms with E-state index < -0.39 is 0 Å². The van der Waals surface area contributed by atoms with Crippen molar-refractivity contribution in [2.45, 2.75) is 82.8 Å². The second-order valence-electron chi connectivity index (χ2n) is 10.3. The molecule has 0 unspecified atom stereocenters. The highest BCUT2D eigenvalue weighted by Crippen LogP contribution is 2.42. The molecule has 2 saturated carbocycles.